The Labute approximate surface area is 125 Å². The molecule has 1 aliphatic rings. The standard InChI is InChI=1S/C14H16BrNO4/c15-11-6-9-4-5-20-14(9)10(7-11)8-16-12(17)2-1-3-13(18)19/h6-7H,1-5,8H2,(H,16,17)(H,18,19). The van der Waals surface area contributed by atoms with Crippen molar-refractivity contribution in [3.63, 3.8) is 0 Å². The van der Waals surface area contributed by atoms with Gasteiger partial charge in [0, 0.05) is 35.8 Å². The van der Waals surface area contributed by atoms with Crippen LogP contribution in [0.5, 0.6) is 5.75 Å². The monoisotopic (exact) mass is 341 g/mol. The Kier molecular flexibility index (Phi) is 5.00. The lowest BCUT2D eigenvalue weighted by Gasteiger charge is -2.10. The molecule has 1 aromatic carbocycles. The van der Waals surface area contributed by atoms with Gasteiger partial charge in [-0.2, -0.15) is 0 Å². The molecule has 0 atom stereocenters. The molecule has 1 amide bonds. The molecule has 6 heteroatoms. The zero-order valence-corrected chi connectivity index (χ0v) is 12.5. The summed E-state index contributed by atoms with van der Waals surface area (Å²) in [5.74, 6) is -0.159. The number of ether oxygens (including phenoxy) is 1. The van der Waals surface area contributed by atoms with Gasteiger partial charge in [-0.1, -0.05) is 15.9 Å². The van der Waals surface area contributed by atoms with E-state index in [1.54, 1.807) is 0 Å². The minimum Gasteiger partial charge on any atom is -0.493 e. The van der Waals surface area contributed by atoms with Crippen LogP contribution in [0.3, 0.4) is 0 Å². The molecule has 0 saturated carbocycles. The third kappa shape index (κ3) is 3.96. The molecule has 0 fully saturated rings. The van der Waals surface area contributed by atoms with E-state index < -0.39 is 5.97 Å². The number of nitrogens with one attached hydrogen (secondary N) is 1. The molecule has 20 heavy (non-hydrogen) atoms. The third-order valence-electron chi connectivity index (χ3n) is 3.10. The molecular weight excluding hydrogens is 326 g/mol. The minimum absolute atomic E-state index is 0.0167. The second kappa shape index (κ2) is 6.74. The maximum Gasteiger partial charge on any atom is 0.303 e. The maximum atomic E-state index is 11.6. The Bertz CT molecular complexity index is 530. The minimum atomic E-state index is -0.879. The van der Waals surface area contributed by atoms with Gasteiger partial charge in [-0.25, -0.2) is 0 Å². The maximum absolute atomic E-state index is 11.6. The van der Waals surface area contributed by atoms with Gasteiger partial charge < -0.3 is 15.2 Å². The number of carbonyl (C=O) groups excluding carboxylic acids is 1. The van der Waals surface area contributed by atoms with Crippen molar-refractivity contribution in [2.75, 3.05) is 6.61 Å². The van der Waals surface area contributed by atoms with Crippen molar-refractivity contribution < 1.29 is 19.4 Å². The van der Waals surface area contributed by atoms with E-state index in [4.69, 9.17) is 9.84 Å². The fraction of sp³-hybridized carbons (Fsp3) is 0.429. The normalized spacial score (nSPS) is 12.7. The molecular formula is C14H16BrNO4. The summed E-state index contributed by atoms with van der Waals surface area (Å²) in [7, 11) is 0. The lowest BCUT2D eigenvalue weighted by Crippen LogP contribution is -2.22. The summed E-state index contributed by atoms with van der Waals surface area (Å²) in [4.78, 5) is 22.0. The van der Waals surface area contributed by atoms with Crippen LogP contribution >= 0.6 is 15.9 Å². The molecule has 1 heterocycles. The first-order chi connectivity index (χ1) is 9.56. The zero-order valence-electron chi connectivity index (χ0n) is 10.9. The van der Waals surface area contributed by atoms with E-state index in [2.05, 4.69) is 21.2 Å². The van der Waals surface area contributed by atoms with Crippen molar-refractivity contribution in [1.29, 1.82) is 0 Å². The highest BCUT2D eigenvalue weighted by atomic mass is 79.9. The Balaban J connectivity index is 1.88. The number of benzene rings is 1. The number of carbonyl (C=O) groups is 2. The molecule has 0 spiro atoms. The van der Waals surface area contributed by atoms with Gasteiger partial charge in [0.25, 0.3) is 0 Å². The van der Waals surface area contributed by atoms with Crippen LogP contribution in [-0.2, 0) is 22.6 Å². The first kappa shape index (κ1) is 14.8. The molecule has 0 aliphatic carbocycles. The molecule has 0 unspecified atom stereocenters. The lowest BCUT2D eigenvalue weighted by molar-refractivity contribution is -0.137. The van der Waals surface area contributed by atoms with Crippen molar-refractivity contribution in [3.8, 4) is 5.75 Å². The highest BCUT2D eigenvalue weighted by Gasteiger charge is 2.17. The van der Waals surface area contributed by atoms with E-state index in [1.807, 2.05) is 12.1 Å². The Morgan fingerprint density at radius 1 is 1.35 bits per heavy atom. The number of carboxylic acids is 1. The average Bonchev–Trinajstić information content (AvgIpc) is 2.83. The van der Waals surface area contributed by atoms with E-state index in [-0.39, 0.29) is 18.7 Å². The number of hydrogen-bond donors (Lipinski definition) is 2. The number of aliphatic carboxylic acids is 1. The van der Waals surface area contributed by atoms with Crippen LogP contribution in [0, 0.1) is 0 Å². The van der Waals surface area contributed by atoms with Crippen molar-refractivity contribution in [2.24, 2.45) is 0 Å². The Hall–Kier alpha value is -1.56. The van der Waals surface area contributed by atoms with E-state index >= 15 is 0 Å². The van der Waals surface area contributed by atoms with Crippen LogP contribution in [-0.4, -0.2) is 23.6 Å². The van der Waals surface area contributed by atoms with Gasteiger partial charge in [0.1, 0.15) is 5.75 Å². The number of rotatable bonds is 6. The number of halogens is 1. The molecule has 0 radical (unpaired) electrons. The predicted octanol–water partition coefficient (Wildman–Crippen LogP) is 2.26. The highest BCUT2D eigenvalue weighted by molar-refractivity contribution is 9.10. The Morgan fingerprint density at radius 3 is 2.90 bits per heavy atom. The van der Waals surface area contributed by atoms with Crippen LogP contribution in [0.15, 0.2) is 16.6 Å². The van der Waals surface area contributed by atoms with E-state index in [9.17, 15) is 9.59 Å². The van der Waals surface area contributed by atoms with Crippen LogP contribution in [0.4, 0.5) is 0 Å². The number of carboxylic acid groups (broad SMARTS) is 1. The van der Waals surface area contributed by atoms with Crippen LogP contribution in [0.25, 0.3) is 0 Å². The molecule has 5 nitrogen and oxygen atoms in total. The second-order valence-corrected chi connectivity index (χ2v) is 5.59. The summed E-state index contributed by atoms with van der Waals surface area (Å²) in [6.45, 7) is 1.07. The molecule has 0 bridgehead atoms. The van der Waals surface area contributed by atoms with Gasteiger partial charge in [0.15, 0.2) is 0 Å². The van der Waals surface area contributed by atoms with Gasteiger partial charge >= 0.3 is 5.97 Å². The topological polar surface area (TPSA) is 75.6 Å². The fourth-order valence-corrected chi connectivity index (χ4v) is 2.71. The summed E-state index contributed by atoms with van der Waals surface area (Å²) in [5, 5.41) is 11.3. The molecule has 0 saturated heterocycles. The SMILES string of the molecule is O=C(O)CCCC(=O)NCc1cc(Br)cc2c1OCC2. The predicted molar refractivity (Wildman–Crippen MR) is 76.7 cm³/mol. The summed E-state index contributed by atoms with van der Waals surface area (Å²) >= 11 is 3.45. The summed E-state index contributed by atoms with van der Waals surface area (Å²) in [6.07, 6.45) is 1.48. The molecule has 108 valence electrons. The van der Waals surface area contributed by atoms with E-state index in [1.165, 1.54) is 0 Å². The quantitative estimate of drug-likeness (QED) is 0.832. The summed E-state index contributed by atoms with van der Waals surface area (Å²) in [6, 6.07) is 3.96. The number of fused-ring (bicyclic) bond motifs is 1. The van der Waals surface area contributed by atoms with E-state index in [0.717, 1.165) is 27.8 Å². The van der Waals surface area contributed by atoms with Gasteiger partial charge in [0.2, 0.25) is 5.91 Å². The Morgan fingerprint density at radius 2 is 2.15 bits per heavy atom. The van der Waals surface area contributed by atoms with Gasteiger partial charge in [0.05, 0.1) is 6.61 Å². The van der Waals surface area contributed by atoms with Crippen molar-refractivity contribution >= 4 is 27.8 Å². The first-order valence-corrected chi connectivity index (χ1v) is 7.28. The van der Waals surface area contributed by atoms with Crippen molar-refractivity contribution in [2.45, 2.75) is 32.2 Å². The van der Waals surface area contributed by atoms with E-state index in [0.29, 0.717) is 19.6 Å². The number of hydrogen-bond acceptors (Lipinski definition) is 3. The van der Waals surface area contributed by atoms with Gasteiger partial charge in [-0.3, -0.25) is 9.59 Å². The molecule has 1 aromatic rings. The molecule has 1 aliphatic heterocycles. The molecule has 2 rings (SSSR count). The lowest BCUT2D eigenvalue weighted by atomic mass is 10.1. The van der Waals surface area contributed by atoms with Gasteiger partial charge in [-0.15, -0.1) is 0 Å². The van der Waals surface area contributed by atoms with Gasteiger partial charge in [-0.05, 0) is 24.1 Å². The zero-order chi connectivity index (χ0) is 14.5. The number of amides is 1. The third-order valence-corrected chi connectivity index (χ3v) is 3.55. The second-order valence-electron chi connectivity index (χ2n) is 4.68. The largest absolute Gasteiger partial charge is 0.493 e. The summed E-state index contributed by atoms with van der Waals surface area (Å²) < 4.78 is 6.55. The molecule has 2 N–H and O–H groups in total. The average molecular weight is 342 g/mol. The van der Waals surface area contributed by atoms with Crippen LogP contribution in [0.1, 0.15) is 30.4 Å². The molecule has 0 aromatic heterocycles. The fourth-order valence-electron chi connectivity index (χ4n) is 2.16. The van der Waals surface area contributed by atoms with Crippen molar-refractivity contribution in [3.05, 3.63) is 27.7 Å². The van der Waals surface area contributed by atoms with Crippen LogP contribution in [0.2, 0.25) is 0 Å². The smallest absolute Gasteiger partial charge is 0.303 e. The highest BCUT2D eigenvalue weighted by Crippen LogP contribution is 2.32. The van der Waals surface area contributed by atoms with Crippen LogP contribution < -0.4 is 10.1 Å². The first-order valence-electron chi connectivity index (χ1n) is 6.49. The summed E-state index contributed by atoms with van der Waals surface area (Å²) in [5.41, 5.74) is 2.09. The van der Waals surface area contributed by atoms with Crippen molar-refractivity contribution in [1.82, 2.24) is 5.32 Å².